The molecule has 0 aromatic heterocycles. The molecule has 1 aliphatic heterocycles. The minimum Gasteiger partial charge on any atom is -0.497 e. The average Bonchev–Trinajstić information content (AvgIpc) is 2.68. The lowest BCUT2D eigenvalue weighted by molar-refractivity contribution is 0.391. The zero-order valence-corrected chi connectivity index (χ0v) is 14.2. The Hall–Kier alpha value is -2.67. The zero-order valence-electron chi connectivity index (χ0n) is 14.2. The number of anilines is 1. The lowest BCUT2D eigenvalue weighted by Crippen LogP contribution is -2.42. The standard InChI is InChI=1S/C20H22N2O2/c1-23-17-7-5-6-16(14-17)20(15-21)10-12-22(13-11-20)18-8-3-4-9-19(18)24-2/h3-9,14H,10-13H2,1-2H3. The van der Waals surface area contributed by atoms with Crippen LogP contribution in [-0.4, -0.2) is 27.3 Å². The molecule has 3 rings (SSSR count). The van der Waals surface area contributed by atoms with E-state index in [1.54, 1.807) is 14.2 Å². The fourth-order valence-corrected chi connectivity index (χ4v) is 3.41. The summed E-state index contributed by atoms with van der Waals surface area (Å²) in [6.45, 7) is 1.65. The van der Waals surface area contributed by atoms with Crippen LogP contribution in [0.5, 0.6) is 11.5 Å². The van der Waals surface area contributed by atoms with Crippen LogP contribution in [0, 0.1) is 11.3 Å². The van der Waals surface area contributed by atoms with E-state index in [-0.39, 0.29) is 0 Å². The quantitative estimate of drug-likeness (QED) is 0.859. The van der Waals surface area contributed by atoms with Crippen molar-refractivity contribution in [2.75, 3.05) is 32.2 Å². The van der Waals surface area contributed by atoms with Crippen LogP contribution < -0.4 is 14.4 Å². The smallest absolute Gasteiger partial charge is 0.142 e. The van der Waals surface area contributed by atoms with E-state index in [0.717, 1.165) is 48.7 Å². The number of hydrogen-bond acceptors (Lipinski definition) is 4. The number of para-hydroxylation sites is 2. The van der Waals surface area contributed by atoms with Crippen LogP contribution in [-0.2, 0) is 5.41 Å². The highest BCUT2D eigenvalue weighted by molar-refractivity contribution is 5.59. The summed E-state index contributed by atoms with van der Waals surface area (Å²) in [7, 11) is 3.35. The molecule has 2 aromatic rings. The van der Waals surface area contributed by atoms with Gasteiger partial charge in [0.15, 0.2) is 0 Å². The van der Waals surface area contributed by atoms with Gasteiger partial charge in [0.05, 0.1) is 31.4 Å². The molecule has 1 heterocycles. The highest BCUT2D eigenvalue weighted by Gasteiger charge is 2.37. The minimum absolute atomic E-state index is 0.451. The maximum absolute atomic E-state index is 9.88. The molecule has 24 heavy (non-hydrogen) atoms. The van der Waals surface area contributed by atoms with Crippen LogP contribution in [0.25, 0.3) is 0 Å². The Balaban J connectivity index is 1.83. The molecule has 0 unspecified atom stereocenters. The van der Waals surface area contributed by atoms with Crippen molar-refractivity contribution in [2.45, 2.75) is 18.3 Å². The third kappa shape index (κ3) is 2.90. The number of methoxy groups -OCH3 is 2. The molecule has 0 aliphatic carbocycles. The van der Waals surface area contributed by atoms with Crippen molar-refractivity contribution in [1.29, 1.82) is 5.26 Å². The number of nitriles is 1. The van der Waals surface area contributed by atoms with Crippen molar-refractivity contribution in [3.8, 4) is 17.6 Å². The average molecular weight is 322 g/mol. The van der Waals surface area contributed by atoms with Gasteiger partial charge in [0.1, 0.15) is 11.5 Å². The topological polar surface area (TPSA) is 45.5 Å². The Bertz CT molecular complexity index is 743. The van der Waals surface area contributed by atoms with Gasteiger partial charge in [0.25, 0.3) is 0 Å². The summed E-state index contributed by atoms with van der Waals surface area (Å²) >= 11 is 0. The minimum atomic E-state index is -0.451. The highest BCUT2D eigenvalue weighted by atomic mass is 16.5. The molecule has 0 atom stereocenters. The SMILES string of the molecule is COc1cccc(C2(C#N)CCN(c3ccccc3OC)CC2)c1. The van der Waals surface area contributed by atoms with Crippen LogP contribution >= 0.6 is 0 Å². The monoisotopic (exact) mass is 322 g/mol. The third-order valence-electron chi connectivity index (χ3n) is 4.88. The fourth-order valence-electron chi connectivity index (χ4n) is 3.41. The number of piperidine rings is 1. The molecule has 4 nitrogen and oxygen atoms in total. The molecule has 4 heteroatoms. The predicted molar refractivity (Wildman–Crippen MR) is 94.7 cm³/mol. The Morgan fingerprint density at radius 2 is 1.75 bits per heavy atom. The second kappa shape index (κ2) is 6.84. The Morgan fingerprint density at radius 1 is 1.00 bits per heavy atom. The summed E-state index contributed by atoms with van der Waals surface area (Å²) in [6.07, 6.45) is 1.57. The Labute approximate surface area is 143 Å². The molecule has 2 aromatic carbocycles. The number of benzene rings is 2. The summed E-state index contributed by atoms with van der Waals surface area (Å²) in [5.74, 6) is 1.68. The van der Waals surface area contributed by atoms with E-state index < -0.39 is 5.41 Å². The van der Waals surface area contributed by atoms with Crippen LogP contribution in [0.2, 0.25) is 0 Å². The van der Waals surface area contributed by atoms with E-state index in [1.165, 1.54) is 0 Å². The fraction of sp³-hybridized carbons (Fsp3) is 0.350. The van der Waals surface area contributed by atoms with Gasteiger partial charge in [-0.05, 0) is 42.7 Å². The molecule has 0 bridgehead atoms. The van der Waals surface area contributed by atoms with E-state index in [4.69, 9.17) is 9.47 Å². The molecule has 1 fully saturated rings. The predicted octanol–water partition coefficient (Wildman–Crippen LogP) is 3.77. The van der Waals surface area contributed by atoms with Crippen molar-refractivity contribution in [2.24, 2.45) is 0 Å². The molecule has 0 spiro atoms. The summed E-state index contributed by atoms with van der Waals surface area (Å²) in [4.78, 5) is 2.30. The van der Waals surface area contributed by atoms with Gasteiger partial charge in [-0.25, -0.2) is 0 Å². The van der Waals surface area contributed by atoms with Crippen molar-refractivity contribution in [1.82, 2.24) is 0 Å². The van der Waals surface area contributed by atoms with Gasteiger partial charge in [-0.3, -0.25) is 0 Å². The maximum Gasteiger partial charge on any atom is 0.142 e. The van der Waals surface area contributed by atoms with Gasteiger partial charge in [-0.15, -0.1) is 0 Å². The van der Waals surface area contributed by atoms with Crippen molar-refractivity contribution in [3.63, 3.8) is 0 Å². The third-order valence-corrected chi connectivity index (χ3v) is 4.88. The van der Waals surface area contributed by atoms with Gasteiger partial charge >= 0.3 is 0 Å². The lowest BCUT2D eigenvalue weighted by atomic mass is 9.74. The van der Waals surface area contributed by atoms with E-state index >= 15 is 0 Å². The highest BCUT2D eigenvalue weighted by Crippen LogP contribution is 2.39. The van der Waals surface area contributed by atoms with Crippen molar-refractivity contribution in [3.05, 3.63) is 54.1 Å². The van der Waals surface area contributed by atoms with Gasteiger partial charge in [-0.1, -0.05) is 24.3 Å². The number of nitrogens with zero attached hydrogens (tertiary/aromatic N) is 2. The van der Waals surface area contributed by atoms with Gasteiger partial charge in [-0.2, -0.15) is 5.26 Å². The van der Waals surface area contributed by atoms with Crippen molar-refractivity contribution >= 4 is 5.69 Å². The van der Waals surface area contributed by atoms with Gasteiger partial charge < -0.3 is 14.4 Å². The first-order chi connectivity index (χ1) is 11.7. The molecule has 0 N–H and O–H groups in total. The van der Waals surface area contributed by atoms with Crippen LogP contribution in [0.15, 0.2) is 48.5 Å². The summed E-state index contributed by atoms with van der Waals surface area (Å²) in [6, 6.07) is 18.5. The largest absolute Gasteiger partial charge is 0.497 e. The molecule has 124 valence electrons. The second-order valence-corrected chi connectivity index (χ2v) is 6.08. The first-order valence-electron chi connectivity index (χ1n) is 8.16. The number of rotatable bonds is 4. The molecule has 0 radical (unpaired) electrons. The molecule has 1 aliphatic rings. The Kier molecular flexibility index (Phi) is 4.61. The van der Waals surface area contributed by atoms with Crippen LogP contribution in [0.3, 0.4) is 0 Å². The first kappa shape index (κ1) is 16.2. The molecule has 0 saturated carbocycles. The molecule has 1 saturated heterocycles. The van der Waals surface area contributed by atoms with E-state index in [2.05, 4.69) is 17.0 Å². The lowest BCUT2D eigenvalue weighted by Gasteiger charge is -2.39. The summed E-state index contributed by atoms with van der Waals surface area (Å²) in [5.41, 5.74) is 1.69. The Morgan fingerprint density at radius 3 is 2.42 bits per heavy atom. The molecule has 0 amide bonds. The summed E-state index contributed by atoms with van der Waals surface area (Å²) < 4.78 is 10.8. The first-order valence-corrected chi connectivity index (χ1v) is 8.16. The zero-order chi connectivity index (χ0) is 17.0. The van der Waals surface area contributed by atoms with Crippen LogP contribution in [0.1, 0.15) is 18.4 Å². The van der Waals surface area contributed by atoms with Gasteiger partial charge in [0, 0.05) is 13.1 Å². The van der Waals surface area contributed by atoms with Gasteiger partial charge in [0.2, 0.25) is 0 Å². The second-order valence-electron chi connectivity index (χ2n) is 6.08. The summed E-state index contributed by atoms with van der Waals surface area (Å²) in [5, 5.41) is 9.88. The molecular formula is C20H22N2O2. The maximum atomic E-state index is 9.88. The van der Waals surface area contributed by atoms with Crippen molar-refractivity contribution < 1.29 is 9.47 Å². The number of ether oxygens (including phenoxy) is 2. The van der Waals surface area contributed by atoms with Crippen LogP contribution in [0.4, 0.5) is 5.69 Å². The van der Waals surface area contributed by atoms with E-state index in [9.17, 15) is 5.26 Å². The van der Waals surface area contributed by atoms with E-state index in [1.807, 2.05) is 42.5 Å². The van der Waals surface area contributed by atoms with E-state index in [0.29, 0.717) is 0 Å². The molecular weight excluding hydrogens is 300 g/mol. The number of hydrogen-bond donors (Lipinski definition) is 0. The normalized spacial score (nSPS) is 16.3.